The number of carboxylic acids is 1. The van der Waals surface area contributed by atoms with E-state index in [1.807, 2.05) is 6.92 Å². The molecule has 5 heteroatoms. The maximum Gasteiger partial charge on any atom is 0.326 e. The van der Waals surface area contributed by atoms with Crippen LogP contribution in [-0.2, 0) is 4.79 Å². The number of hydrazine groups is 1. The van der Waals surface area contributed by atoms with Crippen molar-refractivity contribution >= 4 is 5.97 Å². The summed E-state index contributed by atoms with van der Waals surface area (Å²) >= 11 is 0. The molecule has 0 saturated carbocycles. The molecule has 1 aromatic rings. The minimum absolute atomic E-state index is 0.480. The molecule has 0 aliphatic carbocycles. The number of carbonyl (C=O) groups is 1. The summed E-state index contributed by atoms with van der Waals surface area (Å²) in [5, 5.41) is 8.92. The van der Waals surface area contributed by atoms with Crippen molar-refractivity contribution < 1.29 is 14.6 Å². The minimum atomic E-state index is -1.04. The maximum absolute atomic E-state index is 10.9. The molecule has 0 radical (unpaired) electrons. The summed E-state index contributed by atoms with van der Waals surface area (Å²) in [5.41, 5.74) is 2.76. The van der Waals surface area contributed by atoms with Crippen molar-refractivity contribution in [2.75, 3.05) is 6.61 Å². The van der Waals surface area contributed by atoms with Crippen LogP contribution in [0.2, 0.25) is 0 Å². The van der Waals surface area contributed by atoms with E-state index in [1.54, 1.807) is 24.3 Å². The largest absolute Gasteiger partial charge is 0.494 e. The van der Waals surface area contributed by atoms with Crippen LogP contribution in [0.1, 0.15) is 18.5 Å². The van der Waals surface area contributed by atoms with Crippen molar-refractivity contribution in [3.8, 4) is 5.75 Å². The molecule has 0 fully saturated rings. The molecule has 1 aromatic carbocycles. The molecule has 0 aromatic heterocycles. The van der Waals surface area contributed by atoms with Crippen LogP contribution >= 0.6 is 0 Å². The van der Waals surface area contributed by atoms with Crippen molar-refractivity contribution in [2.24, 2.45) is 5.84 Å². The van der Waals surface area contributed by atoms with E-state index in [-0.39, 0.29) is 0 Å². The second kappa shape index (κ2) is 5.33. The predicted octanol–water partition coefficient (Wildman–Crippen LogP) is 0.674. The van der Waals surface area contributed by atoms with Gasteiger partial charge in [-0.05, 0) is 13.0 Å². The summed E-state index contributed by atoms with van der Waals surface area (Å²) in [5.74, 6) is 4.68. The first-order valence-corrected chi connectivity index (χ1v) is 4.61. The standard InChI is InChI=1S/C10H14N2O3/c1-2-15-8-6-4-3-5-7(8)9(12-11)10(13)14/h3-6,9,12H,2,11H2,1H3,(H,13,14). The molecule has 4 N–H and O–H groups in total. The summed E-state index contributed by atoms with van der Waals surface area (Å²) in [6.45, 7) is 2.32. The highest BCUT2D eigenvalue weighted by Crippen LogP contribution is 2.24. The van der Waals surface area contributed by atoms with Crippen molar-refractivity contribution in [1.82, 2.24) is 5.43 Å². The molecular weight excluding hydrogens is 196 g/mol. The summed E-state index contributed by atoms with van der Waals surface area (Å²) in [4.78, 5) is 10.9. The van der Waals surface area contributed by atoms with Crippen LogP contribution in [-0.4, -0.2) is 17.7 Å². The molecule has 0 saturated heterocycles. The lowest BCUT2D eigenvalue weighted by Crippen LogP contribution is -2.34. The fourth-order valence-electron chi connectivity index (χ4n) is 1.30. The first kappa shape index (κ1) is 11.5. The predicted molar refractivity (Wildman–Crippen MR) is 55.3 cm³/mol. The van der Waals surface area contributed by atoms with E-state index in [9.17, 15) is 4.79 Å². The summed E-state index contributed by atoms with van der Waals surface area (Å²) in [7, 11) is 0. The molecule has 0 amide bonds. The van der Waals surface area contributed by atoms with Crippen molar-refractivity contribution in [3.63, 3.8) is 0 Å². The molecule has 0 aliphatic rings. The Morgan fingerprint density at radius 3 is 2.80 bits per heavy atom. The Morgan fingerprint density at radius 1 is 1.60 bits per heavy atom. The zero-order valence-corrected chi connectivity index (χ0v) is 8.43. The third-order valence-electron chi connectivity index (χ3n) is 1.94. The zero-order valence-electron chi connectivity index (χ0n) is 8.43. The minimum Gasteiger partial charge on any atom is -0.494 e. The van der Waals surface area contributed by atoms with Gasteiger partial charge < -0.3 is 9.84 Å². The fourth-order valence-corrected chi connectivity index (χ4v) is 1.30. The van der Waals surface area contributed by atoms with Gasteiger partial charge in [-0.2, -0.15) is 0 Å². The van der Waals surface area contributed by atoms with Crippen LogP contribution in [0.4, 0.5) is 0 Å². The Kier molecular flexibility index (Phi) is 4.08. The van der Waals surface area contributed by atoms with Crippen LogP contribution in [0.5, 0.6) is 5.75 Å². The van der Waals surface area contributed by atoms with E-state index in [2.05, 4.69) is 5.43 Å². The van der Waals surface area contributed by atoms with Crippen LogP contribution in [0.3, 0.4) is 0 Å². The molecule has 0 spiro atoms. The normalized spacial score (nSPS) is 12.1. The number of ether oxygens (including phenoxy) is 1. The first-order chi connectivity index (χ1) is 7.20. The number of nitrogens with two attached hydrogens (primary N) is 1. The molecule has 15 heavy (non-hydrogen) atoms. The van der Waals surface area contributed by atoms with Gasteiger partial charge >= 0.3 is 5.97 Å². The molecule has 0 bridgehead atoms. The van der Waals surface area contributed by atoms with Gasteiger partial charge in [0.15, 0.2) is 0 Å². The lowest BCUT2D eigenvalue weighted by molar-refractivity contribution is -0.139. The first-order valence-electron chi connectivity index (χ1n) is 4.61. The maximum atomic E-state index is 10.9. The summed E-state index contributed by atoms with van der Waals surface area (Å²) in [6, 6.07) is 5.96. The lowest BCUT2D eigenvalue weighted by Gasteiger charge is -2.15. The number of aliphatic carboxylic acids is 1. The van der Waals surface area contributed by atoms with Gasteiger partial charge in [-0.15, -0.1) is 0 Å². The Bertz CT molecular complexity index is 341. The Labute approximate surface area is 87.8 Å². The van der Waals surface area contributed by atoms with Gasteiger partial charge in [-0.1, -0.05) is 18.2 Å². The molecule has 0 aliphatic heterocycles. The van der Waals surface area contributed by atoms with Gasteiger partial charge in [-0.25, -0.2) is 5.43 Å². The van der Waals surface area contributed by atoms with Gasteiger partial charge in [0.25, 0.3) is 0 Å². The van der Waals surface area contributed by atoms with Crippen LogP contribution < -0.4 is 16.0 Å². The summed E-state index contributed by atoms with van der Waals surface area (Å²) in [6.07, 6.45) is 0. The highest BCUT2D eigenvalue weighted by atomic mass is 16.5. The van der Waals surface area contributed by atoms with Crippen LogP contribution in [0.15, 0.2) is 24.3 Å². The van der Waals surface area contributed by atoms with E-state index >= 15 is 0 Å². The smallest absolute Gasteiger partial charge is 0.326 e. The highest BCUT2D eigenvalue weighted by molar-refractivity contribution is 5.76. The number of hydrogen-bond acceptors (Lipinski definition) is 4. The van der Waals surface area contributed by atoms with Crippen molar-refractivity contribution in [1.29, 1.82) is 0 Å². The number of rotatable bonds is 5. The number of hydrogen-bond donors (Lipinski definition) is 3. The lowest BCUT2D eigenvalue weighted by atomic mass is 10.1. The monoisotopic (exact) mass is 210 g/mol. The number of benzene rings is 1. The molecule has 5 nitrogen and oxygen atoms in total. The van der Waals surface area contributed by atoms with Gasteiger partial charge in [-0.3, -0.25) is 10.6 Å². The third kappa shape index (κ3) is 2.68. The van der Waals surface area contributed by atoms with Crippen molar-refractivity contribution in [3.05, 3.63) is 29.8 Å². The molecule has 1 unspecified atom stereocenters. The van der Waals surface area contributed by atoms with E-state index < -0.39 is 12.0 Å². The molecule has 1 atom stereocenters. The van der Waals surface area contributed by atoms with E-state index in [4.69, 9.17) is 15.7 Å². The van der Waals surface area contributed by atoms with E-state index in [1.165, 1.54) is 0 Å². The molecule has 0 heterocycles. The number of carboxylic acid groups (broad SMARTS) is 1. The number of nitrogens with one attached hydrogen (secondary N) is 1. The van der Waals surface area contributed by atoms with Gasteiger partial charge in [0.1, 0.15) is 11.8 Å². The topological polar surface area (TPSA) is 84.6 Å². The van der Waals surface area contributed by atoms with Gasteiger partial charge in [0.2, 0.25) is 0 Å². The van der Waals surface area contributed by atoms with Gasteiger partial charge in [0.05, 0.1) is 6.61 Å². The average Bonchev–Trinajstić information content (AvgIpc) is 2.21. The van der Waals surface area contributed by atoms with Crippen LogP contribution in [0.25, 0.3) is 0 Å². The molecule has 82 valence electrons. The quantitative estimate of drug-likeness (QED) is 0.491. The third-order valence-corrected chi connectivity index (χ3v) is 1.94. The highest BCUT2D eigenvalue weighted by Gasteiger charge is 2.21. The molecular formula is C10H14N2O3. The molecule has 1 rings (SSSR count). The van der Waals surface area contributed by atoms with Gasteiger partial charge in [0, 0.05) is 5.56 Å². The second-order valence-corrected chi connectivity index (χ2v) is 2.91. The fraction of sp³-hybridized carbons (Fsp3) is 0.300. The Morgan fingerprint density at radius 2 is 2.27 bits per heavy atom. The average molecular weight is 210 g/mol. The zero-order chi connectivity index (χ0) is 11.3. The van der Waals surface area contributed by atoms with Crippen LogP contribution in [0, 0.1) is 0 Å². The SMILES string of the molecule is CCOc1ccccc1C(NN)C(=O)O. The van der Waals surface area contributed by atoms with E-state index in [0.29, 0.717) is 17.9 Å². The van der Waals surface area contributed by atoms with Crippen molar-refractivity contribution in [2.45, 2.75) is 13.0 Å². The van der Waals surface area contributed by atoms with E-state index in [0.717, 1.165) is 0 Å². The summed E-state index contributed by atoms with van der Waals surface area (Å²) < 4.78 is 5.31. The Balaban J connectivity index is 3.04. The Hall–Kier alpha value is -1.59. The number of para-hydroxylation sites is 1. The second-order valence-electron chi connectivity index (χ2n) is 2.91.